The van der Waals surface area contributed by atoms with E-state index in [9.17, 15) is 14.3 Å². The number of ether oxygens (including phenoxy) is 1. The molecule has 1 aromatic rings. The molecule has 0 aliphatic carbocycles. The lowest BCUT2D eigenvalue weighted by molar-refractivity contribution is -0.159. The van der Waals surface area contributed by atoms with Gasteiger partial charge in [0.2, 0.25) is 0 Å². The van der Waals surface area contributed by atoms with Crippen molar-refractivity contribution in [2.24, 2.45) is 11.3 Å². The predicted octanol–water partition coefficient (Wildman–Crippen LogP) is 1.11. The Balaban J connectivity index is 1.94. The van der Waals surface area contributed by atoms with E-state index in [-0.39, 0.29) is 24.9 Å². The van der Waals surface area contributed by atoms with Crippen molar-refractivity contribution in [2.45, 2.75) is 19.8 Å². The summed E-state index contributed by atoms with van der Waals surface area (Å²) in [4.78, 5) is 21.4. The standard InChI is InChI=1S/C14H18FN3O3/c1-2-10-11(15)12(17-8-16-10)18-5-9-3-4-21-7-14(9,6-18)13(19)20/h8-9H,2-7H2,1H3,(H,19,20)/t9-,14+/m0/s1. The van der Waals surface area contributed by atoms with Crippen molar-refractivity contribution in [3.05, 3.63) is 17.8 Å². The number of carboxylic acids is 1. The monoisotopic (exact) mass is 295 g/mol. The zero-order chi connectivity index (χ0) is 15.0. The Morgan fingerprint density at radius 3 is 3.10 bits per heavy atom. The molecule has 3 heterocycles. The maximum atomic E-state index is 14.4. The Morgan fingerprint density at radius 2 is 2.43 bits per heavy atom. The van der Waals surface area contributed by atoms with Crippen molar-refractivity contribution in [1.82, 2.24) is 9.97 Å². The lowest BCUT2D eigenvalue weighted by Crippen LogP contribution is -2.46. The minimum Gasteiger partial charge on any atom is -0.481 e. The van der Waals surface area contributed by atoms with E-state index >= 15 is 0 Å². The maximum Gasteiger partial charge on any atom is 0.314 e. The van der Waals surface area contributed by atoms with E-state index in [4.69, 9.17) is 4.74 Å². The van der Waals surface area contributed by atoms with Gasteiger partial charge in [0.1, 0.15) is 11.7 Å². The topological polar surface area (TPSA) is 75.5 Å². The summed E-state index contributed by atoms with van der Waals surface area (Å²) in [5.74, 6) is -1.15. The summed E-state index contributed by atoms with van der Waals surface area (Å²) >= 11 is 0. The van der Waals surface area contributed by atoms with E-state index in [0.717, 1.165) is 0 Å². The highest BCUT2D eigenvalue weighted by Gasteiger charge is 2.54. The van der Waals surface area contributed by atoms with E-state index in [1.165, 1.54) is 6.33 Å². The van der Waals surface area contributed by atoms with Gasteiger partial charge >= 0.3 is 5.97 Å². The molecule has 1 N–H and O–H groups in total. The third-order valence-electron chi connectivity index (χ3n) is 4.57. The molecule has 0 saturated carbocycles. The fraction of sp³-hybridized carbons (Fsp3) is 0.643. The van der Waals surface area contributed by atoms with Gasteiger partial charge in [0.05, 0.1) is 12.3 Å². The molecule has 0 aromatic carbocycles. The van der Waals surface area contributed by atoms with Crippen LogP contribution in [0.5, 0.6) is 0 Å². The molecular weight excluding hydrogens is 277 g/mol. The van der Waals surface area contributed by atoms with Crippen LogP contribution >= 0.6 is 0 Å². The molecule has 2 aliphatic rings. The van der Waals surface area contributed by atoms with Gasteiger partial charge in [-0.2, -0.15) is 0 Å². The Morgan fingerprint density at radius 1 is 1.62 bits per heavy atom. The summed E-state index contributed by atoms with van der Waals surface area (Å²) in [5.41, 5.74) is -0.599. The van der Waals surface area contributed by atoms with E-state index in [0.29, 0.717) is 31.7 Å². The first-order chi connectivity index (χ1) is 10.1. The average molecular weight is 295 g/mol. The molecule has 2 aliphatic heterocycles. The summed E-state index contributed by atoms with van der Waals surface area (Å²) < 4.78 is 19.8. The molecule has 3 rings (SSSR count). The molecule has 21 heavy (non-hydrogen) atoms. The minimum atomic E-state index is -0.956. The molecular formula is C14H18FN3O3. The van der Waals surface area contributed by atoms with Gasteiger partial charge in [0.15, 0.2) is 11.6 Å². The number of fused-ring (bicyclic) bond motifs is 1. The summed E-state index contributed by atoms with van der Waals surface area (Å²) in [5, 5.41) is 9.60. The molecule has 0 amide bonds. The number of rotatable bonds is 3. The number of halogens is 1. The van der Waals surface area contributed by atoms with Gasteiger partial charge in [-0.25, -0.2) is 14.4 Å². The number of aryl methyl sites for hydroxylation is 1. The number of carboxylic acid groups (broad SMARTS) is 1. The molecule has 2 fully saturated rings. The molecule has 6 nitrogen and oxygen atoms in total. The summed E-state index contributed by atoms with van der Waals surface area (Å²) in [7, 11) is 0. The molecule has 0 bridgehead atoms. The van der Waals surface area contributed by atoms with Gasteiger partial charge in [-0.15, -0.1) is 0 Å². The number of hydrogen-bond acceptors (Lipinski definition) is 5. The van der Waals surface area contributed by atoms with Crippen LogP contribution in [0.2, 0.25) is 0 Å². The van der Waals surface area contributed by atoms with Gasteiger partial charge in [-0.1, -0.05) is 6.92 Å². The van der Waals surface area contributed by atoms with Crippen LogP contribution in [0.25, 0.3) is 0 Å². The fourth-order valence-corrected chi connectivity index (χ4v) is 3.31. The Labute approximate surface area is 122 Å². The Hall–Kier alpha value is -1.76. The highest BCUT2D eigenvalue weighted by atomic mass is 19.1. The quantitative estimate of drug-likeness (QED) is 0.900. The molecule has 2 atom stereocenters. The molecule has 114 valence electrons. The number of anilines is 1. The number of aromatic nitrogens is 2. The summed E-state index contributed by atoms with van der Waals surface area (Å²) in [6, 6.07) is 0. The first-order valence-electron chi connectivity index (χ1n) is 7.14. The van der Waals surface area contributed by atoms with Crippen molar-refractivity contribution in [2.75, 3.05) is 31.2 Å². The van der Waals surface area contributed by atoms with Gasteiger partial charge in [-0.3, -0.25) is 4.79 Å². The molecule has 0 spiro atoms. The largest absolute Gasteiger partial charge is 0.481 e. The SMILES string of the molecule is CCc1ncnc(N2C[C@@H]3CCOC[C@]3(C(=O)O)C2)c1F. The second-order valence-corrected chi connectivity index (χ2v) is 5.69. The molecule has 7 heteroatoms. The summed E-state index contributed by atoms with van der Waals surface area (Å²) in [6.45, 7) is 3.28. The van der Waals surface area contributed by atoms with Crippen molar-refractivity contribution in [3.8, 4) is 0 Å². The highest BCUT2D eigenvalue weighted by Crippen LogP contribution is 2.43. The summed E-state index contributed by atoms with van der Waals surface area (Å²) in [6.07, 6.45) is 2.49. The van der Waals surface area contributed by atoms with Crippen LogP contribution in [-0.4, -0.2) is 47.3 Å². The van der Waals surface area contributed by atoms with Gasteiger partial charge in [-0.05, 0) is 18.8 Å². The first-order valence-corrected chi connectivity index (χ1v) is 7.14. The van der Waals surface area contributed by atoms with E-state index in [1.807, 2.05) is 6.92 Å². The van der Waals surface area contributed by atoms with Crippen molar-refractivity contribution in [1.29, 1.82) is 0 Å². The lowest BCUT2D eigenvalue weighted by atomic mass is 9.76. The number of nitrogens with zero attached hydrogens (tertiary/aromatic N) is 3. The number of carbonyl (C=O) groups is 1. The van der Waals surface area contributed by atoms with Crippen molar-refractivity contribution < 1.29 is 19.0 Å². The maximum absolute atomic E-state index is 14.4. The molecule has 2 saturated heterocycles. The zero-order valence-corrected chi connectivity index (χ0v) is 11.9. The van der Waals surface area contributed by atoms with Crippen LogP contribution in [0, 0.1) is 17.2 Å². The molecule has 1 aromatic heterocycles. The molecule has 0 unspecified atom stereocenters. The first kappa shape index (κ1) is 14.2. The average Bonchev–Trinajstić information content (AvgIpc) is 2.88. The second-order valence-electron chi connectivity index (χ2n) is 5.69. The Bertz CT molecular complexity index is 568. The van der Waals surface area contributed by atoms with Crippen molar-refractivity contribution >= 4 is 11.8 Å². The zero-order valence-electron chi connectivity index (χ0n) is 11.9. The van der Waals surface area contributed by atoms with Crippen LogP contribution in [0.15, 0.2) is 6.33 Å². The van der Waals surface area contributed by atoms with E-state index in [2.05, 4.69) is 9.97 Å². The highest BCUT2D eigenvalue weighted by molar-refractivity contribution is 5.77. The second kappa shape index (κ2) is 5.22. The number of aliphatic carboxylic acids is 1. The van der Waals surface area contributed by atoms with Gasteiger partial charge in [0, 0.05) is 19.7 Å². The normalized spacial score (nSPS) is 28.5. The van der Waals surface area contributed by atoms with Gasteiger partial charge < -0.3 is 14.7 Å². The van der Waals surface area contributed by atoms with Crippen molar-refractivity contribution in [3.63, 3.8) is 0 Å². The van der Waals surface area contributed by atoms with E-state index < -0.39 is 17.2 Å². The minimum absolute atomic E-state index is 0.0387. The third-order valence-corrected chi connectivity index (χ3v) is 4.57. The van der Waals surface area contributed by atoms with Gasteiger partial charge in [0.25, 0.3) is 0 Å². The predicted molar refractivity (Wildman–Crippen MR) is 72.6 cm³/mol. The Kier molecular flexibility index (Phi) is 3.52. The van der Waals surface area contributed by atoms with Crippen LogP contribution in [0.4, 0.5) is 10.2 Å². The van der Waals surface area contributed by atoms with Crippen LogP contribution in [0.3, 0.4) is 0 Å². The smallest absolute Gasteiger partial charge is 0.314 e. The van der Waals surface area contributed by atoms with Crippen LogP contribution < -0.4 is 4.90 Å². The fourth-order valence-electron chi connectivity index (χ4n) is 3.31. The third kappa shape index (κ3) is 2.16. The van der Waals surface area contributed by atoms with E-state index in [1.54, 1.807) is 4.90 Å². The number of hydrogen-bond donors (Lipinski definition) is 1. The van der Waals surface area contributed by atoms with Crippen LogP contribution in [0.1, 0.15) is 19.0 Å². The lowest BCUT2D eigenvalue weighted by Gasteiger charge is -2.33. The van der Waals surface area contributed by atoms with Crippen LogP contribution in [-0.2, 0) is 16.0 Å². The molecule has 0 radical (unpaired) electrons.